The molecule has 1 aliphatic heterocycles. The zero-order chi connectivity index (χ0) is 18.4. The van der Waals surface area contributed by atoms with Gasteiger partial charge in [0.05, 0.1) is 6.54 Å². The van der Waals surface area contributed by atoms with E-state index in [0.717, 1.165) is 5.56 Å². The number of rotatable bonds is 4. The summed E-state index contributed by atoms with van der Waals surface area (Å²) >= 11 is 0. The molecule has 1 N–H and O–H groups in total. The third-order valence-corrected chi connectivity index (χ3v) is 4.00. The molecule has 1 heterocycles. The van der Waals surface area contributed by atoms with Crippen LogP contribution in [0.25, 0.3) is 0 Å². The summed E-state index contributed by atoms with van der Waals surface area (Å²) < 4.78 is 5.38. The maximum absolute atomic E-state index is 12.1. The number of ether oxygens (including phenoxy) is 1. The van der Waals surface area contributed by atoms with Crippen LogP contribution in [0.4, 0.5) is 4.79 Å². The minimum atomic E-state index is -0.482. The summed E-state index contributed by atoms with van der Waals surface area (Å²) in [4.78, 5) is 27.9. The predicted molar refractivity (Wildman–Crippen MR) is 97.3 cm³/mol. The monoisotopic (exact) mass is 347 g/mol. The standard InChI is InChI=1S/C19H29N3O3/c1-15-5-7-16(8-6-15)13-20-17(23)14-21-9-11-22(12-10-21)18(24)25-19(2,3)4/h5-8H,9-14H2,1-4H3,(H,20,23). The first-order valence-electron chi connectivity index (χ1n) is 8.75. The molecule has 1 aromatic carbocycles. The Morgan fingerprint density at radius 2 is 1.68 bits per heavy atom. The Labute approximate surface area is 150 Å². The van der Waals surface area contributed by atoms with Crippen LogP contribution in [0.5, 0.6) is 0 Å². The Hall–Kier alpha value is -2.08. The molecule has 0 aromatic heterocycles. The van der Waals surface area contributed by atoms with Gasteiger partial charge in [0.25, 0.3) is 0 Å². The molecule has 1 fully saturated rings. The Bertz CT molecular complexity index is 585. The molecule has 6 heteroatoms. The van der Waals surface area contributed by atoms with Gasteiger partial charge in [-0.15, -0.1) is 0 Å². The molecule has 2 rings (SSSR count). The van der Waals surface area contributed by atoms with Gasteiger partial charge in [0.1, 0.15) is 5.60 Å². The number of carbonyl (C=O) groups is 2. The van der Waals surface area contributed by atoms with Crippen molar-refractivity contribution in [1.29, 1.82) is 0 Å². The van der Waals surface area contributed by atoms with Gasteiger partial charge in [-0.3, -0.25) is 9.69 Å². The lowest BCUT2D eigenvalue weighted by Gasteiger charge is -2.35. The third-order valence-electron chi connectivity index (χ3n) is 4.00. The number of nitrogens with one attached hydrogen (secondary N) is 1. The lowest BCUT2D eigenvalue weighted by molar-refractivity contribution is -0.122. The van der Waals surface area contributed by atoms with E-state index < -0.39 is 5.60 Å². The van der Waals surface area contributed by atoms with E-state index in [1.54, 1.807) is 4.90 Å². The first kappa shape index (κ1) is 19.2. The topological polar surface area (TPSA) is 61.9 Å². The van der Waals surface area contributed by atoms with Gasteiger partial charge in [-0.05, 0) is 33.3 Å². The molecule has 0 unspecified atom stereocenters. The summed E-state index contributed by atoms with van der Waals surface area (Å²) in [6.07, 6.45) is -0.282. The molecule has 0 spiro atoms. The molecule has 2 amide bonds. The van der Waals surface area contributed by atoms with Crippen LogP contribution < -0.4 is 5.32 Å². The van der Waals surface area contributed by atoms with Crippen molar-refractivity contribution in [1.82, 2.24) is 15.1 Å². The van der Waals surface area contributed by atoms with Crippen LogP contribution >= 0.6 is 0 Å². The van der Waals surface area contributed by atoms with Crippen LogP contribution in [0.15, 0.2) is 24.3 Å². The third kappa shape index (κ3) is 6.74. The first-order valence-corrected chi connectivity index (χ1v) is 8.75. The van der Waals surface area contributed by atoms with Crippen molar-refractivity contribution in [3.05, 3.63) is 35.4 Å². The fourth-order valence-corrected chi connectivity index (χ4v) is 2.58. The molecule has 0 bridgehead atoms. The molecule has 25 heavy (non-hydrogen) atoms. The molecular formula is C19H29N3O3. The normalized spacial score (nSPS) is 15.8. The number of carbonyl (C=O) groups excluding carboxylic acids is 2. The molecule has 1 aromatic rings. The van der Waals surface area contributed by atoms with Crippen LogP contribution in [-0.2, 0) is 16.1 Å². The second-order valence-corrected chi connectivity index (χ2v) is 7.51. The second-order valence-electron chi connectivity index (χ2n) is 7.51. The van der Waals surface area contributed by atoms with Crippen molar-refractivity contribution >= 4 is 12.0 Å². The smallest absolute Gasteiger partial charge is 0.410 e. The van der Waals surface area contributed by atoms with E-state index >= 15 is 0 Å². The van der Waals surface area contributed by atoms with Gasteiger partial charge in [-0.2, -0.15) is 0 Å². The quantitative estimate of drug-likeness (QED) is 0.907. The summed E-state index contributed by atoms with van der Waals surface area (Å²) in [5.74, 6) is 0.00583. The van der Waals surface area contributed by atoms with Crippen molar-refractivity contribution in [2.24, 2.45) is 0 Å². The highest BCUT2D eigenvalue weighted by molar-refractivity contribution is 5.78. The van der Waals surface area contributed by atoms with Gasteiger partial charge < -0.3 is 15.0 Å². The zero-order valence-corrected chi connectivity index (χ0v) is 15.7. The van der Waals surface area contributed by atoms with Crippen molar-refractivity contribution in [2.45, 2.75) is 39.8 Å². The Morgan fingerprint density at radius 1 is 1.08 bits per heavy atom. The summed E-state index contributed by atoms with van der Waals surface area (Å²) in [5.41, 5.74) is 1.82. The molecule has 0 atom stereocenters. The lowest BCUT2D eigenvalue weighted by atomic mass is 10.1. The van der Waals surface area contributed by atoms with Gasteiger partial charge in [0.2, 0.25) is 5.91 Å². The van der Waals surface area contributed by atoms with Crippen LogP contribution in [-0.4, -0.2) is 60.1 Å². The molecule has 0 radical (unpaired) electrons. The molecular weight excluding hydrogens is 318 g/mol. The minimum absolute atomic E-state index is 0.00583. The van der Waals surface area contributed by atoms with E-state index in [-0.39, 0.29) is 12.0 Å². The second kappa shape index (κ2) is 8.34. The van der Waals surface area contributed by atoms with Gasteiger partial charge in [0, 0.05) is 32.7 Å². The predicted octanol–water partition coefficient (Wildman–Crippen LogP) is 2.16. The van der Waals surface area contributed by atoms with Gasteiger partial charge >= 0.3 is 6.09 Å². The highest BCUT2D eigenvalue weighted by Crippen LogP contribution is 2.11. The maximum Gasteiger partial charge on any atom is 0.410 e. The summed E-state index contributed by atoms with van der Waals surface area (Å²) in [7, 11) is 0. The summed E-state index contributed by atoms with van der Waals surface area (Å²) in [6.45, 7) is 11.0. The SMILES string of the molecule is Cc1ccc(CNC(=O)CN2CCN(C(=O)OC(C)(C)C)CC2)cc1. The number of aryl methyl sites for hydroxylation is 1. The Kier molecular flexibility index (Phi) is 6.42. The number of nitrogens with zero attached hydrogens (tertiary/aromatic N) is 2. The fraction of sp³-hybridized carbons (Fsp3) is 0.579. The Morgan fingerprint density at radius 3 is 2.24 bits per heavy atom. The molecule has 6 nitrogen and oxygen atoms in total. The minimum Gasteiger partial charge on any atom is -0.444 e. The van der Waals surface area contributed by atoms with Crippen molar-refractivity contribution < 1.29 is 14.3 Å². The van der Waals surface area contributed by atoms with E-state index in [1.165, 1.54) is 5.56 Å². The molecule has 0 aliphatic carbocycles. The molecule has 1 saturated heterocycles. The molecule has 138 valence electrons. The van der Waals surface area contributed by atoms with E-state index in [4.69, 9.17) is 4.74 Å². The Balaban J connectivity index is 1.69. The zero-order valence-electron chi connectivity index (χ0n) is 15.7. The van der Waals surface area contributed by atoms with E-state index in [1.807, 2.05) is 52.0 Å². The number of hydrogen-bond acceptors (Lipinski definition) is 4. The van der Waals surface area contributed by atoms with E-state index in [9.17, 15) is 9.59 Å². The highest BCUT2D eigenvalue weighted by atomic mass is 16.6. The number of amides is 2. The maximum atomic E-state index is 12.1. The average Bonchev–Trinajstić information content (AvgIpc) is 2.53. The van der Waals surface area contributed by atoms with Gasteiger partial charge in [-0.1, -0.05) is 29.8 Å². The highest BCUT2D eigenvalue weighted by Gasteiger charge is 2.26. The van der Waals surface area contributed by atoms with Gasteiger partial charge in [-0.25, -0.2) is 4.79 Å². The van der Waals surface area contributed by atoms with Crippen LogP contribution in [0.2, 0.25) is 0 Å². The van der Waals surface area contributed by atoms with Gasteiger partial charge in [0.15, 0.2) is 0 Å². The largest absolute Gasteiger partial charge is 0.444 e. The fourth-order valence-electron chi connectivity index (χ4n) is 2.58. The van der Waals surface area contributed by atoms with E-state index in [0.29, 0.717) is 39.3 Å². The van der Waals surface area contributed by atoms with Crippen LogP contribution in [0, 0.1) is 6.92 Å². The number of hydrogen-bond donors (Lipinski definition) is 1. The van der Waals surface area contributed by atoms with Crippen molar-refractivity contribution in [2.75, 3.05) is 32.7 Å². The van der Waals surface area contributed by atoms with Crippen LogP contribution in [0.3, 0.4) is 0 Å². The van der Waals surface area contributed by atoms with E-state index in [2.05, 4.69) is 10.2 Å². The summed E-state index contributed by atoms with van der Waals surface area (Å²) in [6, 6.07) is 8.12. The first-order chi connectivity index (χ1) is 11.7. The van der Waals surface area contributed by atoms with Crippen LogP contribution in [0.1, 0.15) is 31.9 Å². The van der Waals surface area contributed by atoms with Crippen molar-refractivity contribution in [3.8, 4) is 0 Å². The molecule has 1 aliphatic rings. The van der Waals surface area contributed by atoms with Crippen molar-refractivity contribution in [3.63, 3.8) is 0 Å². The average molecular weight is 347 g/mol. The molecule has 0 saturated carbocycles. The lowest BCUT2D eigenvalue weighted by Crippen LogP contribution is -2.52. The number of piperazine rings is 1. The number of benzene rings is 1. The summed E-state index contributed by atoms with van der Waals surface area (Å²) in [5, 5.41) is 2.94.